The molecule has 0 aliphatic carbocycles. The van der Waals surface area contributed by atoms with Gasteiger partial charge in [0.25, 0.3) is 0 Å². The van der Waals surface area contributed by atoms with E-state index in [4.69, 9.17) is 14.5 Å². The van der Waals surface area contributed by atoms with E-state index in [0.717, 1.165) is 56.0 Å². The molecule has 0 aliphatic rings. The minimum absolute atomic E-state index is 0. The quantitative estimate of drug-likeness (QED) is 0.137. The molecule has 1 aromatic carbocycles. The van der Waals surface area contributed by atoms with Crippen molar-refractivity contribution in [3.8, 4) is 0 Å². The van der Waals surface area contributed by atoms with Gasteiger partial charge in [-0.05, 0) is 49.7 Å². The smallest absolute Gasteiger partial charge is 0.191 e. The van der Waals surface area contributed by atoms with E-state index >= 15 is 0 Å². The van der Waals surface area contributed by atoms with E-state index < -0.39 is 0 Å². The molecule has 6 nitrogen and oxygen atoms in total. The Morgan fingerprint density at radius 2 is 1.73 bits per heavy atom. The van der Waals surface area contributed by atoms with E-state index in [-0.39, 0.29) is 36.0 Å². The lowest BCUT2D eigenvalue weighted by Gasteiger charge is -2.32. The highest BCUT2D eigenvalue weighted by Crippen LogP contribution is 2.29. The largest absolute Gasteiger partial charge is 0.396 e. The molecule has 0 saturated heterocycles. The molecule has 0 amide bonds. The van der Waals surface area contributed by atoms with Crippen LogP contribution in [-0.4, -0.2) is 50.6 Å². The first kappa shape index (κ1) is 29.1. The second-order valence-electron chi connectivity index (χ2n) is 7.30. The van der Waals surface area contributed by atoms with Gasteiger partial charge in [-0.2, -0.15) is 0 Å². The monoisotopic (exact) mass is 535 g/mol. The van der Waals surface area contributed by atoms with Crippen molar-refractivity contribution < 1.29 is 14.6 Å². The van der Waals surface area contributed by atoms with Gasteiger partial charge in [-0.1, -0.05) is 38.1 Å². The summed E-state index contributed by atoms with van der Waals surface area (Å²) < 4.78 is 10.9. The summed E-state index contributed by atoms with van der Waals surface area (Å²) >= 11 is 0. The van der Waals surface area contributed by atoms with Crippen molar-refractivity contribution >= 4 is 29.9 Å². The third kappa shape index (κ3) is 11.5. The average molecular weight is 536 g/mol. The van der Waals surface area contributed by atoms with Gasteiger partial charge in [0, 0.05) is 26.3 Å². The minimum Gasteiger partial charge on any atom is -0.396 e. The van der Waals surface area contributed by atoms with Gasteiger partial charge in [0.05, 0.1) is 26.4 Å². The number of rotatable bonds is 15. The number of aliphatic imine (C=N–C) groups is 1. The second-order valence-corrected chi connectivity index (χ2v) is 7.30. The van der Waals surface area contributed by atoms with E-state index in [2.05, 4.69) is 49.6 Å². The predicted molar refractivity (Wildman–Crippen MR) is 136 cm³/mol. The van der Waals surface area contributed by atoms with E-state index in [9.17, 15) is 5.11 Å². The summed E-state index contributed by atoms with van der Waals surface area (Å²) in [5, 5.41) is 16.2. The highest BCUT2D eigenvalue weighted by atomic mass is 127. The fourth-order valence-corrected chi connectivity index (χ4v) is 3.23. The summed E-state index contributed by atoms with van der Waals surface area (Å²) in [5.41, 5.74) is 2.40. The van der Waals surface area contributed by atoms with Crippen molar-refractivity contribution in [3.63, 3.8) is 0 Å². The lowest BCUT2D eigenvalue weighted by atomic mass is 9.79. The first-order chi connectivity index (χ1) is 14.1. The molecular weight excluding hydrogens is 493 g/mol. The van der Waals surface area contributed by atoms with Gasteiger partial charge in [-0.3, -0.25) is 0 Å². The van der Waals surface area contributed by atoms with Gasteiger partial charge in [0.1, 0.15) is 0 Å². The summed E-state index contributed by atoms with van der Waals surface area (Å²) in [7, 11) is 0. The maximum atomic E-state index is 9.42. The third-order valence-electron chi connectivity index (χ3n) is 5.37. The Morgan fingerprint density at radius 3 is 2.37 bits per heavy atom. The number of hydrogen-bond donors (Lipinski definition) is 3. The van der Waals surface area contributed by atoms with E-state index in [0.29, 0.717) is 26.4 Å². The maximum Gasteiger partial charge on any atom is 0.191 e. The summed E-state index contributed by atoms with van der Waals surface area (Å²) in [6.45, 7) is 13.4. The zero-order valence-corrected chi connectivity index (χ0v) is 21.5. The zero-order valence-electron chi connectivity index (χ0n) is 19.2. The van der Waals surface area contributed by atoms with Crippen molar-refractivity contribution in [1.82, 2.24) is 10.6 Å². The molecule has 0 heterocycles. The number of aliphatic hydroxyl groups excluding tert-OH is 1. The van der Waals surface area contributed by atoms with Crippen LogP contribution in [-0.2, 0) is 22.6 Å². The second kappa shape index (κ2) is 17.7. The molecule has 7 heteroatoms. The molecule has 0 saturated carbocycles. The standard InChI is InChI=1S/C23H41N3O3.HI/c1-5-23(6-2,12-13-27)19-26-22(24-7-3)25-17-20-10-9-11-21(16-20)18-29-15-14-28-8-4;/h9-11,16,27H,5-8,12-15,17-19H2,1-4H3,(H2,24,25,26);1H. The summed E-state index contributed by atoms with van der Waals surface area (Å²) in [4.78, 5) is 4.75. The predicted octanol–water partition coefficient (Wildman–Crippen LogP) is 4.10. The Balaban J connectivity index is 0.00000841. The first-order valence-corrected chi connectivity index (χ1v) is 11.0. The number of halogens is 1. The topological polar surface area (TPSA) is 75.1 Å². The molecular formula is C23H42IN3O3. The molecule has 0 fully saturated rings. The first-order valence-electron chi connectivity index (χ1n) is 11.0. The van der Waals surface area contributed by atoms with Crippen LogP contribution >= 0.6 is 24.0 Å². The van der Waals surface area contributed by atoms with E-state index in [1.165, 1.54) is 0 Å². The Hall–Kier alpha value is -0.900. The van der Waals surface area contributed by atoms with E-state index in [1.807, 2.05) is 13.0 Å². The Labute approximate surface area is 200 Å². The molecule has 0 aliphatic heterocycles. The zero-order chi connectivity index (χ0) is 21.4. The molecule has 0 aromatic heterocycles. The van der Waals surface area contributed by atoms with Crippen LogP contribution < -0.4 is 10.6 Å². The third-order valence-corrected chi connectivity index (χ3v) is 5.37. The lowest BCUT2D eigenvalue weighted by molar-refractivity contribution is 0.0453. The molecule has 0 bridgehead atoms. The molecule has 30 heavy (non-hydrogen) atoms. The number of aliphatic hydroxyl groups is 1. The van der Waals surface area contributed by atoms with Crippen LogP contribution in [0.4, 0.5) is 0 Å². The molecule has 0 atom stereocenters. The van der Waals surface area contributed by atoms with Gasteiger partial charge in [-0.25, -0.2) is 4.99 Å². The van der Waals surface area contributed by atoms with Gasteiger partial charge < -0.3 is 25.2 Å². The number of guanidine groups is 1. The van der Waals surface area contributed by atoms with Gasteiger partial charge in [0.2, 0.25) is 0 Å². The molecule has 174 valence electrons. The number of benzene rings is 1. The van der Waals surface area contributed by atoms with Crippen molar-refractivity contribution in [2.24, 2.45) is 10.4 Å². The van der Waals surface area contributed by atoms with Crippen LogP contribution in [0.5, 0.6) is 0 Å². The normalized spacial score (nSPS) is 11.8. The number of nitrogens with one attached hydrogen (secondary N) is 2. The van der Waals surface area contributed by atoms with Crippen molar-refractivity contribution in [1.29, 1.82) is 0 Å². The number of ether oxygens (including phenoxy) is 2. The summed E-state index contributed by atoms with van der Waals surface area (Å²) in [5.74, 6) is 0.815. The highest BCUT2D eigenvalue weighted by molar-refractivity contribution is 14.0. The minimum atomic E-state index is 0. The molecule has 3 N–H and O–H groups in total. The Morgan fingerprint density at radius 1 is 1.03 bits per heavy atom. The Bertz CT molecular complexity index is 581. The fourth-order valence-electron chi connectivity index (χ4n) is 3.23. The van der Waals surface area contributed by atoms with Gasteiger partial charge in [-0.15, -0.1) is 24.0 Å². The number of hydrogen-bond acceptors (Lipinski definition) is 4. The molecule has 0 spiro atoms. The fraction of sp³-hybridized carbons (Fsp3) is 0.696. The average Bonchev–Trinajstić information content (AvgIpc) is 2.75. The van der Waals surface area contributed by atoms with Crippen LogP contribution in [0.25, 0.3) is 0 Å². The Kier molecular flexibility index (Phi) is 17.2. The molecule has 1 aromatic rings. The van der Waals surface area contributed by atoms with Crippen molar-refractivity contribution in [2.45, 2.75) is 60.1 Å². The van der Waals surface area contributed by atoms with Crippen LogP contribution in [0.3, 0.4) is 0 Å². The van der Waals surface area contributed by atoms with E-state index in [1.54, 1.807) is 0 Å². The summed E-state index contributed by atoms with van der Waals surface area (Å²) in [6, 6.07) is 8.35. The highest BCUT2D eigenvalue weighted by Gasteiger charge is 2.25. The summed E-state index contributed by atoms with van der Waals surface area (Å²) in [6.07, 6.45) is 2.86. The maximum absolute atomic E-state index is 9.42. The molecule has 1 rings (SSSR count). The van der Waals surface area contributed by atoms with Gasteiger partial charge in [0.15, 0.2) is 5.96 Å². The van der Waals surface area contributed by atoms with Crippen LogP contribution in [0.15, 0.2) is 29.3 Å². The molecule has 0 unspecified atom stereocenters. The number of nitrogens with zero attached hydrogens (tertiary/aromatic N) is 1. The van der Waals surface area contributed by atoms with Crippen LogP contribution in [0.2, 0.25) is 0 Å². The van der Waals surface area contributed by atoms with Gasteiger partial charge >= 0.3 is 0 Å². The van der Waals surface area contributed by atoms with Crippen LogP contribution in [0.1, 0.15) is 58.1 Å². The molecule has 0 radical (unpaired) electrons. The van der Waals surface area contributed by atoms with Crippen molar-refractivity contribution in [2.75, 3.05) is 39.5 Å². The van der Waals surface area contributed by atoms with Crippen molar-refractivity contribution in [3.05, 3.63) is 35.4 Å². The SMILES string of the molecule is CCNC(=NCc1cccc(COCCOCC)c1)NCC(CC)(CC)CCO.I. The van der Waals surface area contributed by atoms with Crippen LogP contribution in [0, 0.1) is 5.41 Å². The lowest BCUT2D eigenvalue weighted by Crippen LogP contribution is -2.43.